The van der Waals surface area contributed by atoms with E-state index in [0.717, 1.165) is 5.56 Å². The minimum absolute atomic E-state index is 0.0678. The van der Waals surface area contributed by atoms with Crippen molar-refractivity contribution in [3.63, 3.8) is 0 Å². The average Bonchev–Trinajstić information content (AvgIpc) is 2.73. The van der Waals surface area contributed by atoms with E-state index >= 15 is 0 Å². The van der Waals surface area contributed by atoms with Gasteiger partial charge in [0.15, 0.2) is 0 Å². The molecule has 0 aliphatic carbocycles. The van der Waals surface area contributed by atoms with E-state index in [1.807, 2.05) is 37.3 Å². The molecule has 0 unspecified atom stereocenters. The molecule has 7 heteroatoms. The predicted molar refractivity (Wildman–Crippen MR) is 87.6 cm³/mol. The molecule has 1 aromatic carbocycles. The molecule has 2 amide bonds. The smallest absolute Gasteiger partial charge is 0.340 e. The molecule has 1 aliphatic heterocycles. The third-order valence-electron chi connectivity index (χ3n) is 4.43. The van der Waals surface area contributed by atoms with Crippen molar-refractivity contribution in [3.8, 4) is 0 Å². The molecule has 0 bridgehead atoms. The molecule has 25 heavy (non-hydrogen) atoms. The van der Waals surface area contributed by atoms with Crippen LogP contribution in [0.4, 0.5) is 13.2 Å². The summed E-state index contributed by atoms with van der Waals surface area (Å²) in [6, 6.07) is 9.35. The average molecular weight is 356 g/mol. The molecular weight excluding hydrogens is 333 g/mol. The van der Waals surface area contributed by atoms with Crippen molar-refractivity contribution in [2.24, 2.45) is 0 Å². The molecule has 1 saturated heterocycles. The summed E-state index contributed by atoms with van der Waals surface area (Å²) in [4.78, 5) is 27.8. The Labute approximate surface area is 145 Å². The van der Waals surface area contributed by atoms with Crippen LogP contribution in [0, 0.1) is 0 Å². The van der Waals surface area contributed by atoms with E-state index in [2.05, 4.69) is 0 Å². The van der Waals surface area contributed by atoms with Gasteiger partial charge in [-0.2, -0.15) is 13.2 Å². The zero-order chi connectivity index (χ0) is 18.4. The fourth-order valence-electron chi connectivity index (χ4n) is 3.00. The Morgan fingerprint density at radius 1 is 1.24 bits per heavy atom. The summed E-state index contributed by atoms with van der Waals surface area (Å²) < 4.78 is 37.0. The van der Waals surface area contributed by atoms with Crippen LogP contribution in [-0.2, 0) is 16.1 Å². The first kappa shape index (κ1) is 19.3. The number of amides is 2. The number of halogens is 3. The molecule has 138 valence electrons. The van der Waals surface area contributed by atoms with E-state index < -0.39 is 24.9 Å². The van der Waals surface area contributed by atoms with Crippen LogP contribution in [0.2, 0.25) is 0 Å². The van der Waals surface area contributed by atoms with Gasteiger partial charge in [0.1, 0.15) is 0 Å². The lowest BCUT2D eigenvalue weighted by Crippen LogP contribution is -2.43. The van der Waals surface area contributed by atoms with E-state index in [4.69, 9.17) is 0 Å². The van der Waals surface area contributed by atoms with Crippen molar-refractivity contribution in [1.82, 2.24) is 9.80 Å². The van der Waals surface area contributed by atoms with Gasteiger partial charge in [-0.1, -0.05) is 37.3 Å². The Bertz CT molecular complexity index is 590. The lowest BCUT2D eigenvalue weighted by atomic mass is 10.1. The van der Waals surface area contributed by atoms with Gasteiger partial charge in [0, 0.05) is 38.5 Å². The van der Waals surface area contributed by atoms with Crippen LogP contribution in [0.15, 0.2) is 30.3 Å². The fraction of sp³-hybridized carbons (Fsp3) is 0.556. The van der Waals surface area contributed by atoms with Gasteiger partial charge in [-0.15, -0.1) is 0 Å². The molecule has 1 fully saturated rings. The minimum atomic E-state index is -4.35. The third kappa shape index (κ3) is 5.76. The monoisotopic (exact) mass is 356 g/mol. The number of hydrogen-bond donors (Lipinski definition) is 0. The number of carbonyl (C=O) groups excluding carboxylic acids is 2. The highest BCUT2D eigenvalue weighted by Gasteiger charge is 2.33. The van der Waals surface area contributed by atoms with Gasteiger partial charge in [0.05, 0.1) is 6.42 Å². The lowest BCUT2D eigenvalue weighted by molar-refractivity contribution is -0.149. The first-order valence-corrected chi connectivity index (χ1v) is 8.48. The highest BCUT2D eigenvalue weighted by Crippen LogP contribution is 2.23. The molecule has 0 N–H and O–H groups in total. The molecule has 1 heterocycles. The summed E-state index contributed by atoms with van der Waals surface area (Å²) >= 11 is 0. The summed E-state index contributed by atoms with van der Waals surface area (Å²) in [5.74, 6) is -0.605. The van der Waals surface area contributed by atoms with Crippen molar-refractivity contribution >= 4 is 11.8 Å². The molecule has 1 atom stereocenters. The zero-order valence-electron chi connectivity index (χ0n) is 14.3. The first-order valence-electron chi connectivity index (χ1n) is 8.48. The summed E-state index contributed by atoms with van der Waals surface area (Å²) in [7, 11) is 0. The molecular formula is C18H23F3N2O2. The molecule has 1 aromatic rings. The van der Waals surface area contributed by atoms with E-state index in [1.54, 1.807) is 4.90 Å². The van der Waals surface area contributed by atoms with Crippen LogP contribution in [0.5, 0.6) is 0 Å². The summed E-state index contributed by atoms with van der Waals surface area (Å²) in [6.45, 7) is 2.82. The van der Waals surface area contributed by atoms with Crippen molar-refractivity contribution in [1.29, 1.82) is 0 Å². The van der Waals surface area contributed by atoms with Gasteiger partial charge >= 0.3 is 6.18 Å². The molecule has 0 aromatic heterocycles. The number of benzene rings is 1. The number of rotatable bonds is 5. The Balaban J connectivity index is 2.05. The minimum Gasteiger partial charge on any atom is -0.340 e. The van der Waals surface area contributed by atoms with Crippen LogP contribution in [0.25, 0.3) is 0 Å². The quantitative estimate of drug-likeness (QED) is 0.812. The van der Waals surface area contributed by atoms with E-state index in [1.165, 1.54) is 4.90 Å². The van der Waals surface area contributed by atoms with Crippen LogP contribution >= 0.6 is 0 Å². The standard InChI is InChI=1S/C18H23F3N2O2/c1-2-15-13-22(16(24)8-10-18(19,20)21)11-9-17(25)23(15)12-14-6-4-3-5-7-14/h3-7,15H,2,8-13H2,1H3/t15-/m0/s1. The maximum absolute atomic E-state index is 12.5. The van der Waals surface area contributed by atoms with Crippen LogP contribution in [0.3, 0.4) is 0 Å². The molecule has 1 aliphatic rings. The highest BCUT2D eigenvalue weighted by atomic mass is 19.4. The van der Waals surface area contributed by atoms with Gasteiger partial charge in [-0.25, -0.2) is 0 Å². The Hall–Kier alpha value is -2.05. The number of hydrogen-bond acceptors (Lipinski definition) is 2. The van der Waals surface area contributed by atoms with Gasteiger partial charge in [0.2, 0.25) is 11.8 Å². The number of carbonyl (C=O) groups is 2. The Morgan fingerprint density at radius 2 is 1.92 bits per heavy atom. The van der Waals surface area contributed by atoms with Gasteiger partial charge < -0.3 is 9.80 Å². The largest absolute Gasteiger partial charge is 0.389 e. The summed E-state index contributed by atoms with van der Waals surface area (Å²) in [5, 5.41) is 0. The summed E-state index contributed by atoms with van der Waals surface area (Å²) in [6.07, 6.45) is -5.25. The lowest BCUT2D eigenvalue weighted by Gasteiger charge is -2.31. The number of nitrogens with zero attached hydrogens (tertiary/aromatic N) is 2. The SMILES string of the molecule is CC[C@H]1CN(C(=O)CCC(F)(F)F)CCC(=O)N1Cc1ccccc1. The van der Waals surface area contributed by atoms with Crippen LogP contribution in [0.1, 0.15) is 38.2 Å². The van der Waals surface area contributed by atoms with E-state index in [0.29, 0.717) is 13.0 Å². The molecule has 0 saturated carbocycles. The van der Waals surface area contributed by atoms with Crippen molar-refractivity contribution in [3.05, 3.63) is 35.9 Å². The van der Waals surface area contributed by atoms with Gasteiger partial charge in [0.25, 0.3) is 0 Å². The molecule has 0 spiro atoms. The molecule has 4 nitrogen and oxygen atoms in total. The van der Waals surface area contributed by atoms with Crippen LogP contribution < -0.4 is 0 Å². The van der Waals surface area contributed by atoms with Crippen LogP contribution in [-0.4, -0.2) is 46.9 Å². The second-order valence-electron chi connectivity index (χ2n) is 6.27. The Morgan fingerprint density at radius 3 is 2.52 bits per heavy atom. The fourth-order valence-corrected chi connectivity index (χ4v) is 3.00. The zero-order valence-corrected chi connectivity index (χ0v) is 14.3. The maximum atomic E-state index is 12.5. The highest BCUT2D eigenvalue weighted by molar-refractivity contribution is 5.80. The molecule has 2 rings (SSSR count). The van der Waals surface area contributed by atoms with E-state index in [-0.39, 0.29) is 31.5 Å². The van der Waals surface area contributed by atoms with Crippen molar-refractivity contribution in [2.75, 3.05) is 13.1 Å². The van der Waals surface area contributed by atoms with Gasteiger partial charge in [-0.05, 0) is 12.0 Å². The predicted octanol–water partition coefficient (Wildman–Crippen LogP) is 3.37. The van der Waals surface area contributed by atoms with Crippen molar-refractivity contribution in [2.45, 2.75) is 51.4 Å². The topological polar surface area (TPSA) is 40.6 Å². The summed E-state index contributed by atoms with van der Waals surface area (Å²) in [5.41, 5.74) is 0.992. The normalized spacial score (nSPS) is 19.0. The number of alkyl halides is 3. The molecule has 0 radical (unpaired) electrons. The van der Waals surface area contributed by atoms with Crippen molar-refractivity contribution < 1.29 is 22.8 Å². The third-order valence-corrected chi connectivity index (χ3v) is 4.43. The first-order chi connectivity index (χ1) is 11.8. The second-order valence-corrected chi connectivity index (χ2v) is 6.27. The maximum Gasteiger partial charge on any atom is 0.389 e. The van der Waals surface area contributed by atoms with E-state index in [9.17, 15) is 22.8 Å². The van der Waals surface area contributed by atoms with Gasteiger partial charge in [-0.3, -0.25) is 9.59 Å². The second kappa shape index (κ2) is 8.36. The Kier molecular flexibility index (Phi) is 6.45.